The maximum atomic E-state index is 11.2. The summed E-state index contributed by atoms with van der Waals surface area (Å²) in [6.07, 6.45) is 0.932. The summed E-state index contributed by atoms with van der Waals surface area (Å²) in [6.45, 7) is 6.09. The van der Waals surface area contributed by atoms with Gasteiger partial charge in [0.05, 0.1) is 0 Å². The number of hydrogen-bond donors (Lipinski definition) is 0. The number of rotatable bonds is 5. The minimum absolute atomic E-state index is 0.253. The van der Waals surface area contributed by atoms with Gasteiger partial charge in [-0.2, -0.15) is 0 Å². The van der Waals surface area contributed by atoms with E-state index in [1.165, 1.54) is 11.6 Å². The third-order valence-electron chi connectivity index (χ3n) is 2.44. The van der Waals surface area contributed by atoms with Crippen LogP contribution < -0.4 is 0 Å². The monoisotopic (exact) mass is 233 g/mol. The second-order valence-electron chi connectivity index (χ2n) is 4.22. The zero-order valence-corrected chi connectivity index (χ0v) is 10.6. The lowest BCUT2D eigenvalue weighted by molar-refractivity contribution is -0.142. The molecule has 0 spiro atoms. The van der Waals surface area contributed by atoms with Gasteiger partial charge in [0.2, 0.25) is 0 Å². The number of ether oxygens (including phenoxy) is 1. The van der Waals surface area contributed by atoms with Crippen LogP contribution in [-0.2, 0) is 16.1 Å². The summed E-state index contributed by atoms with van der Waals surface area (Å²) in [7, 11) is 4.02. The molecule has 0 aliphatic heterocycles. The number of benzene rings is 1. The molecule has 1 aromatic rings. The Hall–Kier alpha value is -1.61. The van der Waals surface area contributed by atoms with E-state index in [4.69, 9.17) is 4.74 Å². The van der Waals surface area contributed by atoms with Crippen molar-refractivity contribution < 1.29 is 9.53 Å². The molecule has 0 saturated heterocycles. The molecular weight excluding hydrogens is 214 g/mol. The number of carbonyl (C=O) groups excluding carboxylic acids is 1. The highest BCUT2D eigenvalue weighted by Crippen LogP contribution is 2.22. The fourth-order valence-electron chi connectivity index (χ4n) is 1.70. The van der Waals surface area contributed by atoms with E-state index in [0.717, 1.165) is 12.1 Å². The Morgan fingerprint density at radius 1 is 1.47 bits per heavy atom. The molecular formula is C14H19NO2. The Labute approximate surface area is 103 Å². The molecule has 0 radical (unpaired) electrons. The summed E-state index contributed by atoms with van der Waals surface area (Å²) in [6, 6.07) is 7.98. The van der Waals surface area contributed by atoms with E-state index in [9.17, 15) is 4.79 Å². The molecule has 0 N–H and O–H groups in total. The second kappa shape index (κ2) is 6.21. The van der Waals surface area contributed by atoms with Crippen molar-refractivity contribution in [2.24, 2.45) is 0 Å². The lowest BCUT2D eigenvalue weighted by atomic mass is 10.0. The van der Waals surface area contributed by atoms with Crippen molar-refractivity contribution in [1.82, 2.24) is 4.90 Å². The number of carbonyl (C=O) groups is 1. The quantitative estimate of drug-likeness (QED) is 0.578. The van der Waals surface area contributed by atoms with Gasteiger partial charge in [-0.1, -0.05) is 30.8 Å². The van der Waals surface area contributed by atoms with Crippen molar-refractivity contribution in [3.63, 3.8) is 0 Å². The fourth-order valence-corrected chi connectivity index (χ4v) is 1.70. The van der Waals surface area contributed by atoms with Gasteiger partial charge in [-0.05, 0) is 32.1 Å². The molecule has 0 heterocycles. The predicted octanol–water partition coefficient (Wildman–Crippen LogP) is 2.54. The van der Waals surface area contributed by atoms with E-state index in [-0.39, 0.29) is 6.10 Å². The molecule has 0 saturated carbocycles. The van der Waals surface area contributed by atoms with Crippen molar-refractivity contribution >= 4 is 5.97 Å². The summed E-state index contributed by atoms with van der Waals surface area (Å²) < 4.78 is 5.23. The highest BCUT2D eigenvalue weighted by Gasteiger charge is 2.13. The first-order valence-corrected chi connectivity index (χ1v) is 5.60. The summed E-state index contributed by atoms with van der Waals surface area (Å²) in [5.41, 5.74) is 2.21. The van der Waals surface area contributed by atoms with Crippen LogP contribution in [0.15, 0.2) is 36.9 Å². The van der Waals surface area contributed by atoms with E-state index < -0.39 is 5.97 Å². The third-order valence-corrected chi connectivity index (χ3v) is 2.44. The third kappa shape index (κ3) is 4.04. The maximum Gasteiger partial charge on any atom is 0.330 e. The van der Waals surface area contributed by atoms with Gasteiger partial charge in [-0.25, -0.2) is 4.79 Å². The molecule has 17 heavy (non-hydrogen) atoms. The van der Waals surface area contributed by atoms with E-state index in [1.807, 2.05) is 45.3 Å². The highest BCUT2D eigenvalue weighted by atomic mass is 16.5. The molecule has 0 fully saturated rings. The summed E-state index contributed by atoms with van der Waals surface area (Å²) in [4.78, 5) is 13.3. The number of nitrogens with zero attached hydrogens (tertiary/aromatic N) is 1. The van der Waals surface area contributed by atoms with Crippen LogP contribution in [0.4, 0.5) is 0 Å². The molecule has 1 aromatic carbocycles. The van der Waals surface area contributed by atoms with Gasteiger partial charge in [0.1, 0.15) is 6.10 Å². The first-order chi connectivity index (χ1) is 8.04. The van der Waals surface area contributed by atoms with Crippen LogP contribution in [0.5, 0.6) is 0 Å². The minimum Gasteiger partial charge on any atom is -0.455 e. The summed E-state index contributed by atoms with van der Waals surface area (Å²) >= 11 is 0. The molecule has 1 atom stereocenters. The Morgan fingerprint density at radius 2 is 2.12 bits per heavy atom. The molecule has 1 unspecified atom stereocenters. The average Bonchev–Trinajstić information content (AvgIpc) is 2.28. The first kappa shape index (κ1) is 13.5. The fraction of sp³-hybridized carbons (Fsp3) is 0.357. The zero-order chi connectivity index (χ0) is 12.8. The Bertz CT molecular complexity index is 399. The van der Waals surface area contributed by atoms with Crippen LogP contribution in [0.25, 0.3) is 0 Å². The van der Waals surface area contributed by atoms with Gasteiger partial charge in [0.15, 0.2) is 0 Å². The molecule has 3 nitrogen and oxygen atoms in total. The van der Waals surface area contributed by atoms with E-state index in [2.05, 4.69) is 11.5 Å². The normalized spacial score (nSPS) is 12.2. The first-order valence-electron chi connectivity index (χ1n) is 5.60. The summed E-state index contributed by atoms with van der Waals surface area (Å²) in [5.74, 6) is -0.392. The van der Waals surface area contributed by atoms with E-state index in [1.54, 1.807) is 0 Å². The Kier molecular flexibility index (Phi) is 4.91. The second-order valence-corrected chi connectivity index (χ2v) is 4.22. The molecule has 1 rings (SSSR count). The van der Waals surface area contributed by atoms with Crippen LogP contribution in [0.2, 0.25) is 0 Å². The molecule has 92 valence electrons. The number of esters is 1. The Balaban J connectivity index is 2.88. The predicted molar refractivity (Wildman–Crippen MR) is 68.5 cm³/mol. The molecule has 3 heteroatoms. The van der Waals surface area contributed by atoms with Crippen LogP contribution >= 0.6 is 0 Å². The zero-order valence-electron chi connectivity index (χ0n) is 10.6. The van der Waals surface area contributed by atoms with Crippen molar-refractivity contribution in [2.45, 2.75) is 19.6 Å². The van der Waals surface area contributed by atoms with Crippen LogP contribution in [-0.4, -0.2) is 25.0 Å². The smallest absolute Gasteiger partial charge is 0.330 e. The summed E-state index contributed by atoms with van der Waals surface area (Å²) in [5, 5.41) is 0. The minimum atomic E-state index is -0.392. The van der Waals surface area contributed by atoms with Gasteiger partial charge in [0.25, 0.3) is 0 Å². The Morgan fingerprint density at radius 3 is 2.71 bits per heavy atom. The van der Waals surface area contributed by atoms with Crippen molar-refractivity contribution in [2.75, 3.05) is 14.1 Å². The van der Waals surface area contributed by atoms with Crippen LogP contribution in [0, 0.1) is 0 Å². The van der Waals surface area contributed by atoms with Crippen LogP contribution in [0.1, 0.15) is 24.2 Å². The SMILES string of the molecule is C=CC(=O)OC(C)c1ccccc1CN(C)C. The largest absolute Gasteiger partial charge is 0.455 e. The topological polar surface area (TPSA) is 29.5 Å². The molecule has 0 aliphatic rings. The van der Waals surface area contributed by atoms with Crippen molar-refractivity contribution in [3.8, 4) is 0 Å². The van der Waals surface area contributed by atoms with E-state index >= 15 is 0 Å². The number of hydrogen-bond acceptors (Lipinski definition) is 3. The van der Waals surface area contributed by atoms with Crippen LogP contribution in [0.3, 0.4) is 0 Å². The van der Waals surface area contributed by atoms with Gasteiger partial charge >= 0.3 is 5.97 Å². The highest BCUT2D eigenvalue weighted by molar-refractivity contribution is 5.81. The molecule has 0 amide bonds. The van der Waals surface area contributed by atoms with Gasteiger partial charge in [0, 0.05) is 12.6 Å². The maximum absolute atomic E-state index is 11.2. The van der Waals surface area contributed by atoms with Gasteiger partial charge in [-0.3, -0.25) is 0 Å². The molecule has 0 aliphatic carbocycles. The molecule has 0 bridgehead atoms. The van der Waals surface area contributed by atoms with Crippen molar-refractivity contribution in [3.05, 3.63) is 48.0 Å². The lowest BCUT2D eigenvalue weighted by Crippen LogP contribution is -2.14. The van der Waals surface area contributed by atoms with Gasteiger partial charge < -0.3 is 9.64 Å². The van der Waals surface area contributed by atoms with Crippen molar-refractivity contribution in [1.29, 1.82) is 0 Å². The standard InChI is InChI=1S/C14H19NO2/c1-5-14(16)17-11(2)13-9-7-6-8-12(13)10-15(3)4/h5-9,11H,1,10H2,2-4H3. The van der Waals surface area contributed by atoms with Gasteiger partial charge in [-0.15, -0.1) is 0 Å². The van der Waals surface area contributed by atoms with E-state index in [0.29, 0.717) is 0 Å². The molecule has 0 aromatic heterocycles. The average molecular weight is 233 g/mol. The lowest BCUT2D eigenvalue weighted by Gasteiger charge is -2.18.